The van der Waals surface area contributed by atoms with Gasteiger partial charge in [0.05, 0.1) is 4.90 Å². The van der Waals surface area contributed by atoms with Crippen molar-refractivity contribution in [2.75, 3.05) is 10.6 Å². The summed E-state index contributed by atoms with van der Waals surface area (Å²) >= 11 is 0. The van der Waals surface area contributed by atoms with Crippen LogP contribution in [0.3, 0.4) is 0 Å². The molecule has 0 saturated heterocycles. The molecule has 0 aliphatic rings. The van der Waals surface area contributed by atoms with Gasteiger partial charge in [-0.15, -0.1) is 0 Å². The fourth-order valence-corrected chi connectivity index (χ4v) is 2.14. The Morgan fingerprint density at radius 2 is 1.23 bits per heavy atom. The molecule has 2 rings (SSSR count). The molecule has 0 unspecified atom stereocenters. The van der Waals surface area contributed by atoms with E-state index in [9.17, 15) is 18.0 Å². The summed E-state index contributed by atoms with van der Waals surface area (Å²) in [6.45, 7) is 0. The highest BCUT2D eigenvalue weighted by Gasteiger charge is 2.14. The predicted octanol–water partition coefficient (Wildman–Crippen LogP) is 0.911. The predicted molar refractivity (Wildman–Crippen MR) is 81.5 cm³/mol. The molecule has 0 bridgehead atoms. The number of nitrogens with one attached hydrogen (secondary N) is 2. The molecule has 2 amide bonds. The number of carbonyl (C=O) groups excluding carboxylic acids is 2. The van der Waals surface area contributed by atoms with E-state index >= 15 is 0 Å². The average molecular weight is 319 g/mol. The summed E-state index contributed by atoms with van der Waals surface area (Å²) in [5, 5.41) is 9.75. The third-order valence-electron chi connectivity index (χ3n) is 2.68. The second-order valence-corrected chi connectivity index (χ2v) is 5.91. The van der Waals surface area contributed by atoms with Crippen LogP contribution in [0.25, 0.3) is 0 Å². The van der Waals surface area contributed by atoms with E-state index < -0.39 is 21.8 Å². The Balaban J connectivity index is 2.01. The molecule has 114 valence electrons. The van der Waals surface area contributed by atoms with Crippen LogP contribution in [0.5, 0.6) is 0 Å². The highest BCUT2D eigenvalue weighted by molar-refractivity contribution is 7.89. The van der Waals surface area contributed by atoms with Gasteiger partial charge in [-0.25, -0.2) is 13.6 Å². The monoisotopic (exact) mass is 319 g/mol. The van der Waals surface area contributed by atoms with Gasteiger partial charge in [-0.3, -0.25) is 9.59 Å². The van der Waals surface area contributed by atoms with E-state index in [0.717, 1.165) is 0 Å². The van der Waals surface area contributed by atoms with Crippen LogP contribution in [0.1, 0.15) is 0 Å². The molecular formula is C14H13N3O4S. The number of benzene rings is 2. The van der Waals surface area contributed by atoms with Crippen molar-refractivity contribution < 1.29 is 18.0 Å². The van der Waals surface area contributed by atoms with E-state index in [-0.39, 0.29) is 10.6 Å². The Kier molecular flexibility index (Phi) is 4.54. The summed E-state index contributed by atoms with van der Waals surface area (Å²) in [4.78, 5) is 23.4. The van der Waals surface area contributed by atoms with Gasteiger partial charge in [-0.2, -0.15) is 0 Å². The summed E-state index contributed by atoms with van der Waals surface area (Å²) in [7, 11) is -3.80. The number of anilines is 2. The molecule has 2 aromatic carbocycles. The molecular weight excluding hydrogens is 306 g/mol. The van der Waals surface area contributed by atoms with Crippen LogP contribution in [0, 0.1) is 0 Å². The van der Waals surface area contributed by atoms with Crippen LogP contribution in [0.2, 0.25) is 0 Å². The van der Waals surface area contributed by atoms with Crippen molar-refractivity contribution in [3.8, 4) is 0 Å². The summed E-state index contributed by atoms with van der Waals surface area (Å²) in [6, 6.07) is 13.7. The summed E-state index contributed by atoms with van der Waals surface area (Å²) in [5.41, 5.74) is 0.771. The first kappa shape index (κ1) is 15.7. The van der Waals surface area contributed by atoms with E-state index in [1.165, 1.54) is 24.3 Å². The van der Waals surface area contributed by atoms with Crippen molar-refractivity contribution in [3.05, 3.63) is 54.6 Å². The number of nitrogens with two attached hydrogens (primary N) is 1. The molecule has 2 aromatic rings. The SMILES string of the molecule is NS(=O)(=O)c1ccc(NC(=O)C(=O)Nc2ccccc2)cc1. The third kappa shape index (κ3) is 4.14. The minimum Gasteiger partial charge on any atom is -0.318 e. The third-order valence-corrected chi connectivity index (χ3v) is 3.61. The molecule has 4 N–H and O–H groups in total. The lowest BCUT2D eigenvalue weighted by molar-refractivity contribution is -0.132. The largest absolute Gasteiger partial charge is 0.318 e. The summed E-state index contributed by atoms with van der Waals surface area (Å²) < 4.78 is 22.2. The number of primary sulfonamides is 1. The second-order valence-electron chi connectivity index (χ2n) is 4.34. The normalized spacial score (nSPS) is 10.8. The fraction of sp³-hybridized carbons (Fsp3) is 0. The Morgan fingerprint density at radius 1 is 0.773 bits per heavy atom. The maximum Gasteiger partial charge on any atom is 0.314 e. The topological polar surface area (TPSA) is 118 Å². The fourth-order valence-electron chi connectivity index (χ4n) is 1.63. The standard InChI is InChI=1S/C14H13N3O4S/c15-22(20,21)12-8-6-11(7-9-12)17-14(19)13(18)16-10-4-2-1-3-5-10/h1-9H,(H,16,18)(H,17,19)(H2,15,20,21). The van der Waals surface area contributed by atoms with Crippen LogP contribution in [0.4, 0.5) is 11.4 Å². The van der Waals surface area contributed by atoms with E-state index in [2.05, 4.69) is 10.6 Å². The minimum absolute atomic E-state index is 0.0840. The van der Waals surface area contributed by atoms with Crippen LogP contribution in [-0.4, -0.2) is 20.2 Å². The van der Waals surface area contributed by atoms with E-state index in [4.69, 9.17) is 5.14 Å². The Labute approximate surface area is 127 Å². The summed E-state index contributed by atoms with van der Waals surface area (Å²) in [5.74, 6) is -1.70. The first-order valence-electron chi connectivity index (χ1n) is 6.16. The summed E-state index contributed by atoms with van der Waals surface area (Å²) in [6.07, 6.45) is 0. The molecule has 0 radical (unpaired) electrons. The van der Waals surface area contributed by atoms with Gasteiger partial charge in [-0.05, 0) is 36.4 Å². The first-order valence-corrected chi connectivity index (χ1v) is 7.71. The number of carbonyl (C=O) groups is 2. The number of rotatable bonds is 3. The van der Waals surface area contributed by atoms with Gasteiger partial charge in [0, 0.05) is 11.4 Å². The molecule has 0 aromatic heterocycles. The Morgan fingerprint density at radius 3 is 1.68 bits per heavy atom. The lowest BCUT2D eigenvalue weighted by Gasteiger charge is -2.07. The second kappa shape index (κ2) is 6.37. The van der Waals surface area contributed by atoms with Gasteiger partial charge < -0.3 is 10.6 Å². The van der Waals surface area contributed by atoms with Crippen LogP contribution >= 0.6 is 0 Å². The van der Waals surface area contributed by atoms with Crippen molar-refractivity contribution in [3.63, 3.8) is 0 Å². The van der Waals surface area contributed by atoms with Crippen LogP contribution in [-0.2, 0) is 19.6 Å². The smallest absolute Gasteiger partial charge is 0.314 e. The quantitative estimate of drug-likeness (QED) is 0.729. The zero-order valence-corrected chi connectivity index (χ0v) is 12.1. The van der Waals surface area contributed by atoms with Crippen molar-refractivity contribution >= 4 is 33.2 Å². The van der Waals surface area contributed by atoms with Gasteiger partial charge >= 0.3 is 11.8 Å². The molecule has 8 heteroatoms. The number of sulfonamides is 1. The molecule has 0 atom stereocenters. The maximum atomic E-state index is 11.7. The van der Waals surface area contributed by atoms with E-state index in [1.807, 2.05) is 0 Å². The molecule has 0 aliphatic carbocycles. The number of amides is 2. The van der Waals surface area contributed by atoms with Crippen LogP contribution in [0.15, 0.2) is 59.5 Å². The van der Waals surface area contributed by atoms with Crippen molar-refractivity contribution in [2.24, 2.45) is 5.14 Å². The minimum atomic E-state index is -3.80. The lowest BCUT2D eigenvalue weighted by atomic mass is 10.3. The maximum absolute atomic E-state index is 11.7. The zero-order valence-electron chi connectivity index (χ0n) is 11.3. The van der Waals surface area contributed by atoms with Crippen molar-refractivity contribution in [1.29, 1.82) is 0 Å². The van der Waals surface area contributed by atoms with Crippen molar-refractivity contribution in [1.82, 2.24) is 0 Å². The Hall–Kier alpha value is -2.71. The number of para-hydroxylation sites is 1. The molecule has 0 saturated carbocycles. The highest BCUT2D eigenvalue weighted by Crippen LogP contribution is 2.13. The molecule has 0 aliphatic heterocycles. The first-order chi connectivity index (χ1) is 10.4. The molecule has 7 nitrogen and oxygen atoms in total. The van der Waals surface area contributed by atoms with Gasteiger partial charge in [0.25, 0.3) is 0 Å². The average Bonchev–Trinajstić information content (AvgIpc) is 2.48. The molecule has 0 spiro atoms. The van der Waals surface area contributed by atoms with E-state index in [0.29, 0.717) is 5.69 Å². The van der Waals surface area contributed by atoms with Crippen LogP contribution < -0.4 is 15.8 Å². The zero-order chi connectivity index (χ0) is 16.2. The Bertz CT molecular complexity index is 787. The highest BCUT2D eigenvalue weighted by atomic mass is 32.2. The van der Waals surface area contributed by atoms with Gasteiger partial charge in [-0.1, -0.05) is 18.2 Å². The van der Waals surface area contributed by atoms with E-state index in [1.54, 1.807) is 30.3 Å². The number of hydrogen-bond acceptors (Lipinski definition) is 4. The van der Waals surface area contributed by atoms with Gasteiger partial charge in [0.2, 0.25) is 10.0 Å². The molecule has 0 heterocycles. The van der Waals surface area contributed by atoms with Gasteiger partial charge in [0.1, 0.15) is 0 Å². The van der Waals surface area contributed by atoms with Crippen molar-refractivity contribution in [2.45, 2.75) is 4.90 Å². The molecule has 0 fully saturated rings. The number of hydrogen-bond donors (Lipinski definition) is 3. The molecule has 22 heavy (non-hydrogen) atoms. The van der Waals surface area contributed by atoms with Gasteiger partial charge in [0.15, 0.2) is 0 Å². The lowest BCUT2D eigenvalue weighted by Crippen LogP contribution is -2.29.